The largest absolute Gasteiger partial charge is 0.357 e. The molecule has 0 fully saturated rings. The lowest BCUT2D eigenvalue weighted by atomic mass is 10.1. The molecule has 0 radical (unpaired) electrons. The van der Waals surface area contributed by atoms with Gasteiger partial charge in [-0.25, -0.2) is 0 Å². The maximum Gasteiger partial charge on any atom is 0.223 e. The number of amides is 1. The van der Waals surface area contributed by atoms with Crippen LogP contribution in [0.15, 0.2) is 29.3 Å². The van der Waals surface area contributed by atoms with Crippen molar-refractivity contribution in [2.75, 3.05) is 31.6 Å². The van der Waals surface area contributed by atoms with Gasteiger partial charge in [0, 0.05) is 39.1 Å². The number of hydrogen-bond donors (Lipinski definition) is 2. The Bertz CT molecular complexity index is 566. The lowest BCUT2D eigenvalue weighted by Crippen LogP contribution is -2.38. The van der Waals surface area contributed by atoms with Crippen LogP contribution in [0.3, 0.4) is 0 Å². The number of nitrogens with zero attached hydrogens (tertiary/aromatic N) is 2. The summed E-state index contributed by atoms with van der Waals surface area (Å²) in [7, 11) is 0. The Morgan fingerprint density at radius 1 is 1.15 bits per heavy atom. The first-order chi connectivity index (χ1) is 12.7. The number of fused-ring (bicyclic) bond motifs is 1. The van der Waals surface area contributed by atoms with Crippen LogP contribution >= 0.6 is 11.8 Å². The van der Waals surface area contributed by atoms with Gasteiger partial charge in [0.15, 0.2) is 5.96 Å². The van der Waals surface area contributed by atoms with Crippen LogP contribution in [-0.2, 0) is 17.9 Å². The second kappa shape index (κ2) is 11.8. The van der Waals surface area contributed by atoms with E-state index in [0.29, 0.717) is 13.0 Å². The molecule has 0 bridgehead atoms. The maximum atomic E-state index is 12.4. The number of unbranched alkanes of at least 4 members (excludes halogenated alkanes) is 1. The molecule has 2 rings (SSSR count). The monoisotopic (exact) mass is 376 g/mol. The van der Waals surface area contributed by atoms with E-state index < -0.39 is 0 Å². The molecule has 0 saturated heterocycles. The zero-order chi connectivity index (χ0) is 18.6. The summed E-state index contributed by atoms with van der Waals surface area (Å²) < 4.78 is 0. The lowest BCUT2D eigenvalue weighted by molar-refractivity contribution is -0.131. The van der Waals surface area contributed by atoms with Gasteiger partial charge in [-0.2, -0.15) is 11.8 Å². The molecule has 0 atom stereocenters. The number of benzene rings is 1. The number of hydrogen-bond acceptors (Lipinski definition) is 3. The molecule has 5 nitrogen and oxygen atoms in total. The van der Waals surface area contributed by atoms with E-state index in [1.807, 2.05) is 28.8 Å². The first kappa shape index (κ1) is 20.6. The molecule has 0 unspecified atom stereocenters. The van der Waals surface area contributed by atoms with Crippen molar-refractivity contribution in [2.24, 2.45) is 4.99 Å². The third-order valence-corrected chi connectivity index (χ3v) is 5.12. The Kier molecular flexibility index (Phi) is 9.39. The van der Waals surface area contributed by atoms with Crippen LogP contribution in [0.4, 0.5) is 0 Å². The van der Waals surface area contributed by atoms with E-state index in [4.69, 9.17) is 0 Å². The smallest absolute Gasteiger partial charge is 0.223 e. The summed E-state index contributed by atoms with van der Waals surface area (Å²) in [6.07, 6.45) is 5.86. The average Bonchev–Trinajstić information content (AvgIpc) is 3.09. The zero-order valence-corrected chi connectivity index (χ0v) is 16.9. The van der Waals surface area contributed by atoms with Gasteiger partial charge < -0.3 is 15.5 Å². The average molecular weight is 377 g/mol. The highest BCUT2D eigenvalue weighted by Gasteiger charge is 2.22. The molecule has 0 aliphatic carbocycles. The van der Waals surface area contributed by atoms with E-state index in [1.54, 1.807) is 0 Å². The molecule has 2 N–H and O–H groups in total. The third-order valence-electron chi connectivity index (χ3n) is 4.42. The Labute approximate surface area is 162 Å². The van der Waals surface area contributed by atoms with E-state index in [2.05, 4.69) is 40.9 Å². The molecule has 1 aliphatic rings. The van der Waals surface area contributed by atoms with Crippen molar-refractivity contribution in [3.63, 3.8) is 0 Å². The molecule has 0 aromatic heterocycles. The highest BCUT2D eigenvalue weighted by atomic mass is 32.2. The molecule has 144 valence electrons. The number of thioether (sulfide) groups is 1. The molecule has 1 aliphatic heterocycles. The standard InChI is InChI=1S/C20H32N4OS/c1-3-21-20(22-12-6-7-14-26-2)23-13-8-11-19(25)24-15-17-9-4-5-10-18(17)16-24/h4-5,9-10H,3,6-8,11-16H2,1-2H3,(H2,21,22,23). The van der Waals surface area contributed by atoms with Crippen molar-refractivity contribution in [3.05, 3.63) is 35.4 Å². The highest BCUT2D eigenvalue weighted by molar-refractivity contribution is 7.98. The van der Waals surface area contributed by atoms with Crippen molar-refractivity contribution >= 4 is 23.6 Å². The molecule has 1 amide bonds. The van der Waals surface area contributed by atoms with Gasteiger partial charge in [-0.05, 0) is 49.3 Å². The Balaban J connectivity index is 1.66. The maximum absolute atomic E-state index is 12.4. The number of nitrogens with one attached hydrogen (secondary N) is 2. The fourth-order valence-electron chi connectivity index (χ4n) is 3.01. The van der Waals surface area contributed by atoms with Gasteiger partial charge in [0.1, 0.15) is 0 Å². The van der Waals surface area contributed by atoms with E-state index >= 15 is 0 Å². The van der Waals surface area contributed by atoms with Gasteiger partial charge in [-0.1, -0.05) is 24.3 Å². The van der Waals surface area contributed by atoms with E-state index in [1.165, 1.54) is 23.3 Å². The fourth-order valence-corrected chi connectivity index (χ4v) is 3.50. The minimum absolute atomic E-state index is 0.228. The Morgan fingerprint density at radius 2 is 1.88 bits per heavy atom. The molecule has 1 heterocycles. The molecule has 26 heavy (non-hydrogen) atoms. The molecular weight excluding hydrogens is 344 g/mol. The summed E-state index contributed by atoms with van der Waals surface area (Å²) in [4.78, 5) is 18.9. The van der Waals surface area contributed by atoms with Crippen molar-refractivity contribution in [1.29, 1.82) is 0 Å². The molecular formula is C20H32N4OS. The van der Waals surface area contributed by atoms with Crippen molar-refractivity contribution in [3.8, 4) is 0 Å². The second-order valence-corrected chi connectivity index (χ2v) is 7.50. The number of aliphatic imine (C=N–C) groups is 1. The summed E-state index contributed by atoms with van der Waals surface area (Å²) in [5, 5.41) is 6.64. The molecule has 0 spiro atoms. The van der Waals surface area contributed by atoms with Gasteiger partial charge in [0.05, 0.1) is 0 Å². The highest BCUT2D eigenvalue weighted by Crippen LogP contribution is 2.22. The van der Waals surface area contributed by atoms with Crippen LogP contribution in [0.25, 0.3) is 0 Å². The lowest BCUT2D eigenvalue weighted by Gasteiger charge is -2.15. The summed E-state index contributed by atoms with van der Waals surface area (Å²) in [5.41, 5.74) is 2.55. The summed E-state index contributed by atoms with van der Waals surface area (Å²) in [6, 6.07) is 8.30. The minimum atomic E-state index is 0.228. The van der Waals surface area contributed by atoms with Crippen LogP contribution in [0.1, 0.15) is 43.7 Å². The number of guanidine groups is 1. The normalized spacial score (nSPS) is 13.6. The van der Waals surface area contributed by atoms with Crippen LogP contribution in [0, 0.1) is 0 Å². The van der Waals surface area contributed by atoms with Crippen molar-refractivity contribution in [2.45, 2.75) is 45.7 Å². The van der Waals surface area contributed by atoms with Gasteiger partial charge in [-0.3, -0.25) is 9.79 Å². The van der Waals surface area contributed by atoms with E-state index in [0.717, 1.165) is 45.0 Å². The number of rotatable bonds is 10. The van der Waals surface area contributed by atoms with E-state index in [9.17, 15) is 4.79 Å². The molecule has 1 aromatic rings. The van der Waals surface area contributed by atoms with Gasteiger partial charge in [0.25, 0.3) is 0 Å². The SMILES string of the molecule is CCNC(=NCCCC(=O)N1Cc2ccccc2C1)NCCCCSC. The summed E-state index contributed by atoms with van der Waals surface area (Å²) in [5.74, 6) is 2.29. The van der Waals surface area contributed by atoms with Crippen molar-refractivity contribution in [1.82, 2.24) is 15.5 Å². The zero-order valence-electron chi connectivity index (χ0n) is 16.1. The van der Waals surface area contributed by atoms with Crippen LogP contribution in [0.5, 0.6) is 0 Å². The van der Waals surface area contributed by atoms with Crippen LogP contribution < -0.4 is 10.6 Å². The molecule has 6 heteroatoms. The van der Waals surface area contributed by atoms with Crippen LogP contribution in [0.2, 0.25) is 0 Å². The van der Waals surface area contributed by atoms with Gasteiger partial charge >= 0.3 is 0 Å². The number of carbonyl (C=O) groups is 1. The minimum Gasteiger partial charge on any atom is -0.357 e. The predicted molar refractivity (Wildman–Crippen MR) is 112 cm³/mol. The Morgan fingerprint density at radius 3 is 2.54 bits per heavy atom. The first-order valence-corrected chi connectivity index (χ1v) is 11.0. The Hall–Kier alpha value is -1.69. The predicted octanol–water partition coefficient (Wildman–Crippen LogP) is 3.01. The quantitative estimate of drug-likeness (QED) is 0.374. The second-order valence-electron chi connectivity index (χ2n) is 6.51. The molecule has 1 aromatic carbocycles. The number of carbonyl (C=O) groups excluding carboxylic acids is 1. The van der Waals surface area contributed by atoms with Gasteiger partial charge in [-0.15, -0.1) is 0 Å². The van der Waals surface area contributed by atoms with Crippen LogP contribution in [-0.4, -0.2) is 48.4 Å². The third kappa shape index (κ3) is 6.90. The fraction of sp³-hybridized carbons (Fsp3) is 0.600. The van der Waals surface area contributed by atoms with Crippen molar-refractivity contribution < 1.29 is 4.79 Å². The molecule has 0 saturated carbocycles. The summed E-state index contributed by atoms with van der Waals surface area (Å²) >= 11 is 1.89. The first-order valence-electron chi connectivity index (χ1n) is 9.60. The summed E-state index contributed by atoms with van der Waals surface area (Å²) in [6.45, 7) is 6.03. The van der Waals surface area contributed by atoms with E-state index in [-0.39, 0.29) is 5.91 Å². The van der Waals surface area contributed by atoms with Gasteiger partial charge in [0.2, 0.25) is 5.91 Å². The topological polar surface area (TPSA) is 56.7 Å².